The highest BCUT2D eigenvalue weighted by Crippen LogP contribution is 2.33. The maximum absolute atomic E-state index is 13.3. The molecule has 4 aromatic heterocycles. The van der Waals surface area contributed by atoms with Gasteiger partial charge in [0.15, 0.2) is 0 Å². The highest BCUT2D eigenvalue weighted by molar-refractivity contribution is 5.99. The van der Waals surface area contributed by atoms with Crippen molar-refractivity contribution in [1.82, 2.24) is 24.4 Å². The first-order valence-corrected chi connectivity index (χ1v) is 8.25. The third kappa shape index (κ3) is 2.12. The molecule has 0 aliphatic rings. The van der Waals surface area contributed by atoms with Gasteiger partial charge >= 0.3 is 0 Å². The topological polar surface area (TPSA) is 48.0 Å². The summed E-state index contributed by atoms with van der Waals surface area (Å²) >= 11 is 0. The summed E-state index contributed by atoms with van der Waals surface area (Å²) in [5.41, 5.74) is 5.63. The van der Waals surface area contributed by atoms with E-state index in [9.17, 15) is 4.39 Å². The Morgan fingerprint density at radius 3 is 2.77 bits per heavy atom. The molecule has 126 valence electrons. The molecular formula is C20H14FN5. The van der Waals surface area contributed by atoms with Crippen LogP contribution in [0.5, 0.6) is 0 Å². The van der Waals surface area contributed by atoms with Gasteiger partial charge in [0.05, 0.1) is 29.1 Å². The lowest BCUT2D eigenvalue weighted by molar-refractivity contribution is 0.582. The summed E-state index contributed by atoms with van der Waals surface area (Å²) < 4.78 is 16.9. The van der Waals surface area contributed by atoms with Gasteiger partial charge in [-0.05, 0) is 42.8 Å². The number of fused-ring (bicyclic) bond motifs is 2. The lowest BCUT2D eigenvalue weighted by Gasteiger charge is -2.04. The zero-order valence-corrected chi connectivity index (χ0v) is 14.0. The maximum Gasteiger partial charge on any atom is 0.212 e. The summed E-state index contributed by atoms with van der Waals surface area (Å²) in [4.78, 5) is 3.77. The Hall–Kier alpha value is -3.54. The van der Waals surface area contributed by atoms with Crippen LogP contribution >= 0.6 is 0 Å². The number of nitrogens with zero attached hydrogens (tertiary/aromatic N) is 5. The van der Waals surface area contributed by atoms with E-state index in [1.807, 2.05) is 52.6 Å². The van der Waals surface area contributed by atoms with E-state index < -0.39 is 5.95 Å². The minimum Gasteiger partial charge on any atom is -0.240 e. The standard InChI is InChI=1S/C20H14FN5/c1-13-4-2-5-16-19(15-6-3-11-25-17(15)9-10-23-25)24-26(20(13)16)14-7-8-18(21)22-12-14/h2-12H,1H3. The van der Waals surface area contributed by atoms with Crippen LogP contribution in [-0.2, 0) is 0 Å². The lowest BCUT2D eigenvalue weighted by atomic mass is 10.1. The molecule has 0 aliphatic carbocycles. The molecular weight excluding hydrogens is 329 g/mol. The average Bonchev–Trinajstić information content (AvgIpc) is 3.27. The van der Waals surface area contributed by atoms with Crippen molar-refractivity contribution >= 4 is 16.4 Å². The number of benzene rings is 1. The Morgan fingerprint density at radius 1 is 1.00 bits per heavy atom. The van der Waals surface area contributed by atoms with Gasteiger partial charge in [-0.2, -0.15) is 14.6 Å². The van der Waals surface area contributed by atoms with E-state index in [2.05, 4.69) is 16.1 Å². The molecule has 0 N–H and O–H groups in total. The monoisotopic (exact) mass is 343 g/mol. The minimum atomic E-state index is -0.508. The molecule has 5 rings (SSSR count). The summed E-state index contributed by atoms with van der Waals surface area (Å²) in [6.07, 6.45) is 5.18. The quantitative estimate of drug-likeness (QED) is 0.452. The van der Waals surface area contributed by atoms with Gasteiger partial charge in [-0.3, -0.25) is 0 Å². The number of rotatable bonds is 2. The molecule has 6 heteroatoms. The van der Waals surface area contributed by atoms with Crippen molar-refractivity contribution in [2.45, 2.75) is 6.92 Å². The molecule has 5 nitrogen and oxygen atoms in total. The molecule has 5 aromatic rings. The van der Waals surface area contributed by atoms with Gasteiger partial charge in [0.1, 0.15) is 5.69 Å². The van der Waals surface area contributed by atoms with E-state index in [1.165, 1.54) is 12.3 Å². The number of aryl methyl sites for hydroxylation is 1. The second-order valence-electron chi connectivity index (χ2n) is 6.15. The molecule has 26 heavy (non-hydrogen) atoms. The Bertz CT molecular complexity index is 1250. The fourth-order valence-corrected chi connectivity index (χ4v) is 3.37. The number of hydrogen-bond acceptors (Lipinski definition) is 3. The number of halogens is 1. The third-order valence-electron chi connectivity index (χ3n) is 4.55. The molecule has 0 amide bonds. The SMILES string of the molecule is Cc1cccc2c(-c3cccn4nccc34)nn(-c3ccc(F)nc3)c12. The van der Waals surface area contributed by atoms with Crippen molar-refractivity contribution in [2.75, 3.05) is 0 Å². The van der Waals surface area contributed by atoms with Gasteiger partial charge in [-0.1, -0.05) is 18.2 Å². The molecule has 0 fully saturated rings. The van der Waals surface area contributed by atoms with Crippen LogP contribution < -0.4 is 0 Å². The molecule has 0 bridgehead atoms. The molecule has 0 atom stereocenters. The fraction of sp³-hybridized carbons (Fsp3) is 0.0500. The molecule has 1 aromatic carbocycles. The first kappa shape index (κ1) is 14.8. The van der Waals surface area contributed by atoms with Crippen LogP contribution in [0.4, 0.5) is 4.39 Å². The summed E-state index contributed by atoms with van der Waals surface area (Å²) in [7, 11) is 0. The molecule has 4 heterocycles. The summed E-state index contributed by atoms with van der Waals surface area (Å²) in [6, 6.07) is 15.1. The predicted molar refractivity (Wildman–Crippen MR) is 97.7 cm³/mol. The average molecular weight is 343 g/mol. The van der Waals surface area contributed by atoms with E-state index >= 15 is 0 Å². The second kappa shape index (κ2) is 5.49. The van der Waals surface area contributed by atoms with Crippen molar-refractivity contribution in [3.63, 3.8) is 0 Å². The zero-order chi connectivity index (χ0) is 17.7. The van der Waals surface area contributed by atoms with Crippen molar-refractivity contribution in [3.05, 3.63) is 78.6 Å². The highest BCUT2D eigenvalue weighted by atomic mass is 19.1. The normalized spacial score (nSPS) is 11.5. The van der Waals surface area contributed by atoms with Gasteiger partial charge in [0, 0.05) is 17.1 Å². The van der Waals surface area contributed by atoms with Gasteiger partial charge < -0.3 is 0 Å². The van der Waals surface area contributed by atoms with Crippen LogP contribution in [0.1, 0.15) is 5.56 Å². The predicted octanol–water partition coefficient (Wildman–Crippen LogP) is 4.18. The van der Waals surface area contributed by atoms with Gasteiger partial charge in [-0.15, -0.1) is 0 Å². The van der Waals surface area contributed by atoms with Crippen LogP contribution in [-0.4, -0.2) is 24.4 Å². The van der Waals surface area contributed by atoms with Crippen LogP contribution in [0.15, 0.2) is 67.1 Å². The Morgan fingerprint density at radius 2 is 1.92 bits per heavy atom. The first-order chi connectivity index (χ1) is 12.7. The lowest BCUT2D eigenvalue weighted by Crippen LogP contribution is -1.99. The third-order valence-corrected chi connectivity index (χ3v) is 4.55. The van der Waals surface area contributed by atoms with Crippen molar-refractivity contribution in [1.29, 1.82) is 0 Å². The summed E-state index contributed by atoms with van der Waals surface area (Å²) in [5, 5.41) is 10.2. The zero-order valence-electron chi connectivity index (χ0n) is 14.0. The van der Waals surface area contributed by atoms with Crippen molar-refractivity contribution in [3.8, 4) is 16.9 Å². The molecule has 0 saturated heterocycles. The van der Waals surface area contributed by atoms with Gasteiger partial charge in [0.25, 0.3) is 0 Å². The van der Waals surface area contributed by atoms with E-state index in [4.69, 9.17) is 5.10 Å². The molecule has 0 unspecified atom stereocenters. The smallest absolute Gasteiger partial charge is 0.212 e. The largest absolute Gasteiger partial charge is 0.240 e. The van der Waals surface area contributed by atoms with Crippen molar-refractivity contribution in [2.24, 2.45) is 0 Å². The van der Waals surface area contributed by atoms with E-state index in [0.29, 0.717) is 0 Å². The first-order valence-electron chi connectivity index (χ1n) is 8.25. The van der Waals surface area contributed by atoms with Crippen LogP contribution in [0, 0.1) is 12.9 Å². The summed E-state index contributed by atoms with van der Waals surface area (Å²) in [5.74, 6) is -0.508. The van der Waals surface area contributed by atoms with Crippen LogP contribution in [0.25, 0.3) is 33.4 Å². The fourth-order valence-electron chi connectivity index (χ4n) is 3.37. The van der Waals surface area contributed by atoms with E-state index in [0.717, 1.165) is 38.9 Å². The van der Waals surface area contributed by atoms with Gasteiger partial charge in [-0.25, -0.2) is 14.2 Å². The van der Waals surface area contributed by atoms with Crippen LogP contribution in [0.2, 0.25) is 0 Å². The Balaban J connectivity index is 1.86. The van der Waals surface area contributed by atoms with E-state index in [-0.39, 0.29) is 0 Å². The van der Waals surface area contributed by atoms with Crippen molar-refractivity contribution < 1.29 is 4.39 Å². The number of para-hydroxylation sites is 1. The molecule has 0 spiro atoms. The Kier molecular flexibility index (Phi) is 3.12. The molecule has 0 saturated carbocycles. The Labute approximate surface area is 148 Å². The van der Waals surface area contributed by atoms with Gasteiger partial charge in [0.2, 0.25) is 5.95 Å². The highest BCUT2D eigenvalue weighted by Gasteiger charge is 2.17. The maximum atomic E-state index is 13.3. The number of hydrogen-bond donors (Lipinski definition) is 0. The molecule has 0 aliphatic heterocycles. The van der Waals surface area contributed by atoms with E-state index in [1.54, 1.807) is 12.3 Å². The number of pyridine rings is 2. The minimum absolute atomic E-state index is 0.508. The van der Waals surface area contributed by atoms with Crippen LogP contribution in [0.3, 0.4) is 0 Å². The molecule has 0 radical (unpaired) electrons. The summed E-state index contributed by atoms with van der Waals surface area (Å²) in [6.45, 7) is 2.04. The second-order valence-corrected chi connectivity index (χ2v) is 6.15. The number of aromatic nitrogens is 5.